The number of fused-ring (bicyclic) bond motifs is 2. The minimum absolute atomic E-state index is 0.291. The third-order valence-corrected chi connectivity index (χ3v) is 6.78. The number of nitrogens with two attached hydrogens (primary N) is 1. The van der Waals surface area contributed by atoms with Crippen LogP contribution in [0, 0.1) is 0 Å². The van der Waals surface area contributed by atoms with Gasteiger partial charge in [-0.25, -0.2) is 9.97 Å². The van der Waals surface area contributed by atoms with Crippen LogP contribution in [0.4, 0.5) is 11.5 Å². The standard InChI is InChI=1S/C28H31N5O4/c1-35-21-15-18(16-22(36-2)25(21)37-3)30-28(34)23-24-27(32-20-12-8-7-11-19(20)31-24)33(26(23)29)14-13-17-9-5-4-6-10-17/h7-9,11-12,15-16H,4-6,10,13-14,29H2,1-3H3,(H,30,34). The second kappa shape index (κ2) is 10.4. The van der Waals surface area contributed by atoms with Gasteiger partial charge < -0.3 is 29.8 Å². The SMILES string of the molecule is COc1cc(NC(=O)c2c(N)n(CCC3=CCCCC3)c3nc4ccccc4nc23)cc(OC)c1OC. The van der Waals surface area contributed by atoms with Crippen LogP contribution in [0.2, 0.25) is 0 Å². The molecule has 0 radical (unpaired) electrons. The molecule has 0 saturated heterocycles. The van der Waals surface area contributed by atoms with Crippen molar-refractivity contribution in [3.05, 3.63) is 53.6 Å². The number of nitrogens with zero attached hydrogens (tertiary/aromatic N) is 3. The number of carbonyl (C=O) groups is 1. The first-order valence-corrected chi connectivity index (χ1v) is 12.4. The van der Waals surface area contributed by atoms with Gasteiger partial charge in [-0.05, 0) is 44.2 Å². The van der Waals surface area contributed by atoms with E-state index in [0.717, 1.165) is 24.8 Å². The Morgan fingerprint density at radius 2 is 1.73 bits per heavy atom. The number of carbonyl (C=O) groups excluding carboxylic acids is 1. The topological polar surface area (TPSA) is 114 Å². The summed E-state index contributed by atoms with van der Waals surface area (Å²) in [5, 5.41) is 2.93. The summed E-state index contributed by atoms with van der Waals surface area (Å²) in [4.78, 5) is 23.3. The molecule has 4 aromatic rings. The maximum absolute atomic E-state index is 13.7. The number of amides is 1. The number of aryl methyl sites for hydroxylation is 1. The van der Waals surface area contributed by atoms with Crippen molar-refractivity contribution in [1.29, 1.82) is 0 Å². The summed E-state index contributed by atoms with van der Waals surface area (Å²) in [5.41, 5.74) is 11.3. The summed E-state index contributed by atoms with van der Waals surface area (Å²) in [6, 6.07) is 11.0. The van der Waals surface area contributed by atoms with Crippen molar-refractivity contribution in [1.82, 2.24) is 14.5 Å². The van der Waals surface area contributed by atoms with E-state index in [0.29, 0.717) is 57.5 Å². The highest BCUT2D eigenvalue weighted by Gasteiger charge is 2.25. The molecule has 2 heterocycles. The third kappa shape index (κ3) is 4.64. The Kier molecular flexibility index (Phi) is 6.85. The number of hydrogen-bond acceptors (Lipinski definition) is 7. The number of para-hydroxylation sites is 2. The highest BCUT2D eigenvalue weighted by Crippen LogP contribution is 2.40. The van der Waals surface area contributed by atoms with Gasteiger partial charge in [-0.3, -0.25) is 4.79 Å². The molecular weight excluding hydrogens is 470 g/mol. The molecule has 5 rings (SSSR count). The molecule has 0 saturated carbocycles. The summed E-state index contributed by atoms with van der Waals surface area (Å²) >= 11 is 0. The van der Waals surface area contributed by atoms with Gasteiger partial charge in [0.2, 0.25) is 5.75 Å². The number of nitrogen functional groups attached to an aromatic ring is 1. The molecule has 1 amide bonds. The van der Waals surface area contributed by atoms with Gasteiger partial charge in [-0.2, -0.15) is 0 Å². The van der Waals surface area contributed by atoms with E-state index in [9.17, 15) is 4.79 Å². The van der Waals surface area contributed by atoms with Crippen LogP contribution in [0.5, 0.6) is 17.2 Å². The van der Waals surface area contributed by atoms with Gasteiger partial charge in [0.1, 0.15) is 16.9 Å². The Hall–Kier alpha value is -4.27. The molecule has 1 aliphatic rings. The Labute approximate surface area is 215 Å². The summed E-state index contributed by atoms with van der Waals surface area (Å²) in [6.07, 6.45) is 7.84. The first kappa shape index (κ1) is 24.4. The number of rotatable bonds is 8. The minimum Gasteiger partial charge on any atom is -0.493 e. The molecular formula is C28H31N5O4. The summed E-state index contributed by atoms with van der Waals surface area (Å²) in [7, 11) is 4.58. The molecule has 9 heteroatoms. The van der Waals surface area contributed by atoms with Crippen molar-refractivity contribution < 1.29 is 19.0 Å². The normalized spacial score (nSPS) is 13.4. The predicted octanol–water partition coefficient (Wildman–Crippen LogP) is 5.34. The van der Waals surface area contributed by atoms with E-state index in [4.69, 9.17) is 29.9 Å². The molecule has 0 unspecified atom stereocenters. The number of nitrogens with one attached hydrogen (secondary N) is 1. The van der Waals surface area contributed by atoms with Gasteiger partial charge >= 0.3 is 0 Å². The van der Waals surface area contributed by atoms with Crippen molar-refractivity contribution in [2.24, 2.45) is 0 Å². The highest BCUT2D eigenvalue weighted by molar-refractivity contribution is 6.16. The fourth-order valence-electron chi connectivity index (χ4n) is 4.90. The van der Waals surface area contributed by atoms with Crippen LogP contribution in [-0.2, 0) is 6.54 Å². The summed E-state index contributed by atoms with van der Waals surface area (Å²) in [5.74, 6) is 1.25. The zero-order valence-electron chi connectivity index (χ0n) is 21.3. The van der Waals surface area contributed by atoms with E-state index < -0.39 is 5.91 Å². The minimum atomic E-state index is -0.392. The summed E-state index contributed by atoms with van der Waals surface area (Å²) in [6.45, 7) is 0.624. The van der Waals surface area contributed by atoms with Gasteiger partial charge in [0, 0.05) is 24.4 Å². The molecule has 1 aliphatic carbocycles. The number of methoxy groups -OCH3 is 3. The van der Waals surface area contributed by atoms with E-state index in [1.54, 1.807) is 12.1 Å². The maximum Gasteiger partial charge on any atom is 0.261 e. The van der Waals surface area contributed by atoms with E-state index in [1.165, 1.54) is 39.7 Å². The quantitative estimate of drug-likeness (QED) is 0.314. The zero-order chi connectivity index (χ0) is 25.9. The molecule has 0 fully saturated rings. The number of benzene rings is 2. The van der Waals surface area contributed by atoms with Gasteiger partial charge in [-0.1, -0.05) is 23.8 Å². The van der Waals surface area contributed by atoms with E-state index in [2.05, 4.69) is 11.4 Å². The highest BCUT2D eigenvalue weighted by atomic mass is 16.5. The Balaban J connectivity index is 1.57. The van der Waals surface area contributed by atoms with Crippen molar-refractivity contribution in [2.45, 2.75) is 38.6 Å². The lowest BCUT2D eigenvalue weighted by atomic mass is 9.97. The molecule has 0 spiro atoms. The molecule has 2 aromatic heterocycles. The van der Waals surface area contributed by atoms with Gasteiger partial charge in [-0.15, -0.1) is 0 Å². The molecule has 0 atom stereocenters. The van der Waals surface area contributed by atoms with Crippen molar-refractivity contribution in [3.8, 4) is 17.2 Å². The van der Waals surface area contributed by atoms with Crippen LogP contribution >= 0.6 is 0 Å². The average Bonchev–Trinajstić information content (AvgIpc) is 3.20. The second-order valence-electron chi connectivity index (χ2n) is 9.02. The second-order valence-corrected chi connectivity index (χ2v) is 9.02. The van der Waals surface area contributed by atoms with Gasteiger partial charge in [0.15, 0.2) is 17.1 Å². The number of ether oxygens (including phenoxy) is 3. The van der Waals surface area contributed by atoms with Gasteiger partial charge in [0.05, 0.1) is 32.4 Å². The average molecular weight is 502 g/mol. The van der Waals surface area contributed by atoms with Crippen LogP contribution in [0.15, 0.2) is 48.0 Å². The molecule has 192 valence electrons. The van der Waals surface area contributed by atoms with Gasteiger partial charge in [0.25, 0.3) is 5.91 Å². The van der Waals surface area contributed by atoms with E-state index in [1.807, 2.05) is 28.8 Å². The summed E-state index contributed by atoms with van der Waals surface area (Å²) < 4.78 is 18.2. The first-order chi connectivity index (χ1) is 18.0. The smallest absolute Gasteiger partial charge is 0.261 e. The maximum atomic E-state index is 13.7. The Morgan fingerprint density at radius 3 is 2.35 bits per heavy atom. The van der Waals surface area contributed by atoms with E-state index >= 15 is 0 Å². The monoisotopic (exact) mass is 501 g/mol. The number of aromatic nitrogens is 3. The van der Waals surface area contributed by atoms with Crippen LogP contribution < -0.4 is 25.3 Å². The van der Waals surface area contributed by atoms with Crippen LogP contribution in [0.3, 0.4) is 0 Å². The van der Waals surface area contributed by atoms with Crippen molar-refractivity contribution in [3.63, 3.8) is 0 Å². The fourth-order valence-corrected chi connectivity index (χ4v) is 4.90. The first-order valence-electron chi connectivity index (χ1n) is 12.4. The number of anilines is 2. The van der Waals surface area contributed by atoms with Crippen LogP contribution in [-0.4, -0.2) is 41.8 Å². The van der Waals surface area contributed by atoms with Crippen LogP contribution in [0.25, 0.3) is 22.2 Å². The number of hydrogen-bond donors (Lipinski definition) is 2. The van der Waals surface area contributed by atoms with E-state index in [-0.39, 0.29) is 0 Å². The molecule has 2 aromatic carbocycles. The number of allylic oxidation sites excluding steroid dienone is 2. The van der Waals surface area contributed by atoms with Crippen molar-refractivity contribution >= 4 is 39.6 Å². The lowest BCUT2D eigenvalue weighted by molar-refractivity contribution is 0.102. The molecule has 0 bridgehead atoms. The molecule has 37 heavy (non-hydrogen) atoms. The lowest BCUT2D eigenvalue weighted by Gasteiger charge is -2.15. The molecule has 9 nitrogen and oxygen atoms in total. The Bertz CT molecular complexity index is 1480. The molecule has 0 aliphatic heterocycles. The lowest BCUT2D eigenvalue weighted by Crippen LogP contribution is -2.15. The fraction of sp³-hybridized carbons (Fsp3) is 0.321. The van der Waals surface area contributed by atoms with Crippen molar-refractivity contribution in [2.75, 3.05) is 32.4 Å². The Morgan fingerprint density at radius 1 is 1.03 bits per heavy atom. The third-order valence-electron chi connectivity index (χ3n) is 6.78. The largest absolute Gasteiger partial charge is 0.493 e. The molecule has 3 N–H and O–H groups in total. The predicted molar refractivity (Wildman–Crippen MR) is 145 cm³/mol. The zero-order valence-corrected chi connectivity index (χ0v) is 21.3. The van der Waals surface area contributed by atoms with Crippen LogP contribution in [0.1, 0.15) is 42.5 Å².